The second kappa shape index (κ2) is 41.9. The van der Waals surface area contributed by atoms with Gasteiger partial charge in [-0.3, -0.25) is 23.7 Å². The summed E-state index contributed by atoms with van der Waals surface area (Å²) in [5.41, 5.74) is 10.2. The SMILES string of the molecule is [Au+].[Au+].[Au+].[Au+].[C-]#Cc1ccc2c(c1)-c1cc(C#[C-])ccc1C2.[C-]#Cc1ccc2c(c1)c1cc(C#[C-])ccc1n2C.c1ccc([PH+](CCCC[PH+](c2ccccc2)c2ccccc2)c2ccccc2)cc1.c1ccc([PH+](CCCC[PH+](c2ccccc2)c2ccccc2)c2ccccc2)cc1. The van der Waals surface area contributed by atoms with Crippen LogP contribution in [-0.4, -0.2) is 29.2 Å². The maximum atomic E-state index is 7.21. The van der Waals surface area contributed by atoms with E-state index in [0.717, 1.165) is 61.6 Å². The molecular formula is C90H77Au4NP4+4. The van der Waals surface area contributed by atoms with E-state index < -0.39 is 31.7 Å². The van der Waals surface area contributed by atoms with Crippen molar-refractivity contribution in [3.63, 3.8) is 0 Å². The Bertz CT molecular complexity index is 4130. The van der Waals surface area contributed by atoms with E-state index in [2.05, 4.69) is 283 Å². The average molecular weight is 2080 g/mol. The number of aromatic nitrogens is 1. The molecule has 14 rings (SSSR count). The van der Waals surface area contributed by atoms with Crippen molar-refractivity contribution >= 4 is 95.9 Å². The molecule has 13 aromatic rings. The van der Waals surface area contributed by atoms with Crippen molar-refractivity contribution in [3.8, 4) is 34.8 Å². The van der Waals surface area contributed by atoms with Gasteiger partial charge >= 0.3 is 89.5 Å². The third-order valence-electron chi connectivity index (χ3n) is 17.7. The number of nitrogens with zero attached hydrogens (tertiary/aromatic N) is 1. The van der Waals surface area contributed by atoms with Crippen molar-refractivity contribution in [1.82, 2.24) is 4.57 Å². The predicted octanol–water partition coefficient (Wildman–Crippen LogP) is 17.3. The zero-order valence-corrected chi connectivity index (χ0v) is 67.7. The van der Waals surface area contributed by atoms with Gasteiger partial charge in [-0.15, -0.1) is 70.8 Å². The van der Waals surface area contributed by atoms with Crippen LogP contribution in [0.25, 0.3) is 32.9 Å². The van der Waals surface area contributed by atoms with Gasteiger partial charge in [-0.2, -0.15) is 0 Å². The molecular weight excluding hydrogens is 2010 g/mol. The Balaban J connectivity index is 0.000000188. The molecule has 9 heteroatoms. The number of hydrogen-bond donors (Lipinski definition) is 0. The van der Waals surface area contributed by atoms with Gasteiger partial charge in [-0.25, -0.2) is 0 Å². The largest absolute Gasteiger partial charge is 1.00 e. The fourth-order valence-corrected chi connectivity index (χ4v) is 23.7. The van der Waals surface area contributed by atoms with Crippen LogP contribution in [0, 0.1) is 49.4 Å². The molecule has 0 saturated carbocycles. The van der Waals surface area contributed by atoms with E-state index in [-0.39, 0.29) is 89.5 Å². The van der Waals surface area contributed by atoms with E-state index in [1.165, 1.54) is 104 Å². The van der Waals surface area contributed by atoms with E-state index >= 15 is 0 Å². The van der Waals surface area contributed by atoms with E-state index in [0.29, 0.717) is 0 Å². The van der Waals surface area contributed by atoms with Gasteiger partial charge in [0.05, 0.1) is 98.8 Å². The third-order valence-corrected chi connectivity index (χ3v) is 29.3. The molecule has 0 aliphatic heterocycles. The van der Waals surface area contributed by atoms with Crippen LogP contribution in [-0.2, 0) is 103 Å². The number of benzene rings is 12. The maximum absolute atomic E-state index is 7.21. The number of fused-ring (bicyclic) bond motifs is 6. The van der Waals surface area contributed by atoms with Gasteiger partial charge in [0, 0.05) is 18.1 Å². The van der Waals surface area contributed by atoms with Gasteiger partial charge in [0.2, 0.25) is 0 Å². The first-order chi connectivity index (χ1) is 46.9. The van der Waals surface area contributed by atoms with Gasteiger partial charge in [0.25, 0.3) is 0 Å². The summed E-state index contributed by atoms with van der Waals surface area (Å²) < 4.78 is 2.12. The molecule has 1 aliphatic carbocycles. The fraction of sp³-hybridized carbons (Fsp3) is 0.111. The second-order valence-corrected chi connectivity index (χ2v) is 34.1. The average Bonchev–Trinajstić information content (AvgIpc) is 1.62. The zero-order valence-electron chi connectivity index (χ0n) is 55.0. The minimum Gasteiger partial charge on any atom is -0.366 e. The molecule has 0 fully saturated rings. The first-order valence-corrected chi connectivity index (χ1v) is 39.6. The van der Waals surface area contributed by atoms with Crippen LogP contribution >= 0.6 is 31.7 Å². The molecule has 502 valence electrons. The Morgan fingerprint density at radius 2 is 0.475 bits per heavy atom. The molecule has 0 atom stereocenters. The quantitative estimate of drug-likeness (QED) is 0.0265. The molecule has 1 aliphatic rings. The van der Waals surface area contributed by atoms with E-state index in [1.54, 1.807) is 0 Å². The van der Waals surface area contributed by atoms with Crippen molar-refractivity contribution in [1.29, 1.82) is 0 Å². The van der Waals surface area contributed by atoms with E-state index in [9.17, 15) is 0 Å². The van der Waals surface area contributed by atoms with Gasteiger partial charge in [0.1, 0.15) is 0 Å². The van der Waals surface area contributed by atoms with Gasteiger partial charge in [-0.1, -0.05) is 170 Å². The van der Waals surface area contributed by atoms with Crippen LogP contribution in [0.1, 0.15) is 59.1 Å². The Morgan fingerprint density at radius 3 is 0.687 bits per heavy atom. The predicted molar refractivity (Wildman–Crippen MR) is 420 cm³/mol. The Morgan fingerprint density at radius 1 is 0.273 bits per heavy atom. The topological polar surface area (TPSA) is 4.93 Å². The monoisotopic (exact) mass is 2080 g/mol. The Labute approximate surface area is 656 Å². The summed E-state index contributed by atoms with van der Waals surface area (Å²) in [6.07, 6.45) is 40.1. The zero-order chi connectivity index (χ0) is 65.4. The molecule has 0 unspecified atom stereocenters. The standard InChI is InChI=1S/2C28H28P2.C17H9N.C17H8.4Au/c2*1-5-15-25(16-6-1)29(26-17-7-2-8-18-26)23-13-14-24-30(27-19-9-3-10-20-27)28-21-11-4-12-22-28;1-4-12-6-8-16-14(10-12)15-11-13(5-2)7-9-17(15)18(16)3;1-3-12-5-7-14-11-15-8-6-13(4-2)10-17(15)16(14)9-12;;;;/h2*1-12,15-22H,13-14,23-24H2;6-11H,3H3;5-10H,11H2;;;;/q;;2*-2;4*+1/p+4. The molecule has 0 spiro atoms. The third kappa shape index (κ3) is 21.7. The molecule has 0 saturated heterocycles. The molecule has 0 bridgehead atoms. The van der Waals surface area contributed by atoms with Crippen LogP contribution in [0.2, 0.25) is 0 Å². The van der Waals surface area contributed by atoms with Crippen LogP contribution < -0.4 is 42.4 Å². The second-order valence-electron chi connectivity index (χ2n) is 23.7. The molecule has 0 N–H and O–H groups in total. The van der Waals surface area contributed by atoms with E-state index in [4.69, 9.17) is 25.7 Å². The van der Waals surface area contributed by atoms with Crippen molar-refractivity contribution in [2.75, 3.05) is 24.6 Å². The minimum atomic E-state index is -0.714. The summed E-state index contributed by atoms with van der Waals surface area (Å²) in [6, 6.07) is 113. The maximum Gasteiger partial charge on any atom is 1.00 e. The first-order valence-electron chi connectivity index (χ1n) is 32.8. The van der Waals surface area contributed by atoms with Crippen molar-refractivity contribution in [2.45, 2.75) is 32.1 Å². The smallest absolute Gasteiger partial charge is 0.366 e. The summed E-state index contributed by atoms with van der Waals surface area (Å²) >= 11 is 0. The summed E-state index contributed by atoms with van der Waals surface area (Å²) in [5, 5.41) is 14.4. The molecule has 0 amide bonds. The summed E-state index contributed by atoms with van der Waals surface area (Å²) in [5.74, 6) is 9.65. The summed E-state index contributed by atoms with van der Waals surface area (Å²) in [7, 11) is -0.837. The molecule has 0 radical (unpaired) electrons. The normalized spacial score (nSPS) is 10.6. The number of unbranched alkanes of at least 4 members (excludes halogenated alkanes) is 2. The Kier molecular flexibility index (Phi) is 33.8. The van der Waals surface area contributed by atoms with Crippen LogP contribution in [0.5, 0.6) is 0 Å². The van der Waals surface area contributed by atoms with E-state index in [1.807, 2.05) is 67.7 Å². The Hall–Kier alpha value is -6.64. The number of rotatable bonds is 18. The van der Waals surface area contributed by atoms with Crippen LogP contribution in [0.4, 0.5) is 0 Å². The van der Waals surface area contributed by atoms with Gasteiger partial charge in [-0.05, 0) is 162 Å². The number of aryl methyl sites for hydroxylation is 1. The van der Waals surface area contributed by atoms with Crippen LogP contribution in [0.3, 0.4) is 0 Å². The van der Waals surface area contributed by atoms with Gasteiger partial charge in [0.15, 0.2) is 0 Å². The summed E-state index contributed by atoms with van der Waals surface area (Å²) in [6.45, 7) is 0. The minimum absolute atomic E-state index is 0. The molecule has 12 aromatic carbocycles. The summed E-state index contributed by atoms with van der Waals surface area (Å²) in [4.78, 5) is 0. The molecule has 1 heterocycles. The van der Waals surface area contributed by atoms with Crippen LogP contribution in [0.15, 0.2) is 315 Å². The van der Waals surface area contributed by atoms with Crippen molar-refractivity contribution in [2.24, 2.45) is 7.05 Å². The van der Waals surface area contributed by atoms with Gasteiger partial charge < -0.3 is 30.3 Å². The van der Waals surface area contributed by atoms with Crippen molar-refractivity contribution in [3.05, 3.63) is 375 Å². The first kappa shape index (κ1) is 79.7. The van der Waals surface area contributed by atoms with Crippen molar-refractivity contribution < 1.29 is 89.5 Å². The molecule has 99 heavy (non-hydrogen) atoms. The number of hydrogen-bond acceptors (Lipinski definition) is 0. The fourth-order valence-electron chi connectivity index (χ4n) is 12.8. The molecule has 1 aromatic heterocycles. The molecule has 1 nitrogen and oxygen atoms in total.